The first-order chi connectivity index (χ1) is 15.7. The van der Waals surface area contributed by atoms with Crippen LogP contribution < -0.4 is 4.74 Å². The Bertz CT molecular complexity index is 1190. The normalized spacial score (nSPS) is 22.1. The molecule has 3 heterocycles. The van der Waals surface area contributed by atoms with Gasteiger partial charge in [0, 0.05) is 35.6 Å². The Morgan fingerprint density at radius 3 is 2.64 bits per heavy atom. The minimum absolute atomic E-state index is 0.0856. The number of carbonyl (C=O) groups is 1. The largest absolute Gasteiger partial charge is 0.472 e. The number of piperidine rings is 1. The monoisotopic (exact) mass is 460 g/mol. The van der Waals surface area contributed by atoms with Gasteiger partial charge in [-0.25, -0.2) is 9.37 Å². The van der Waals surface area contributed by atoms with Crippen LogP contribution in [-0.2, 0) is 6.18 Å². The molecule has 3 aromatic rings. The lowest BCUT2D eigenvalue weighted by Crippen LogP contribution is -2.47. The molecule has 1 aromatic carbocycles. The van der Waals surface area contributed by atoms with Crippen molar-refractivity contribution in [2.24, 2.45) is 5.92 Å². The molecule has 1 aliphatic heterocycles. The number of alkyl halides is 3. The number of likely N-dealkylation sites (tertiary alicyclic amines) is 1. The lowest BCUT2D eigenvalue weighted by molar-refractivity contribution is -0.137. The molecule has 0 unspecified atom stereocenters. The topological polar surface area (TPSA) is 71.1 Å². The Hall–Kier alpha value is -3.43. The van der Waals surface area contributed by atoms with Gasteiger partial charge in [-0.1, -0.05) is 0 Å². The van der Waals surface area contributed by atoms with Crippen LogP contribution >= 0.6 is 0 Å². The molecule has 0 spiro atoms. The highest BCUT2D eigenvalue weighted by molar-refractivity contribution is 6.01. The minimum Gasteiger partial charge on any atom is -0.472 e. The van der Waals surface area contributed by atoms with Gasteiger partial charge in [0.05, 0.1) is 17.3 Å². The van der Waals surface area contributed by atoms with Crippen LogP contribution in [0.5, 0.6) is 5.88 Å². The lowest BCUT2D eigenvalue weighted by Gasteiger charge is -2.33. The molecule has 5 rings (SSSR count). The number of fused-ring (bicyclic) bond motifs is 2. The molecule has 1 N–H and O–H groups in total. The number of ether oxygens (including phenoxy) is 1. The summed E-state index contributed by atoms with van der Waals surface area (Å²) >= 11 is 0. The lowest BCUT2D eigenvalue weighted by atomic mass is 10.0. The first kappa shape index (κ1) is 21.4. The maximum absolute atomic E-state index is 14.0. The van der Waals surface area contributed by atoms with E-state index in [-0.39, 0.29) is 29.9 Å². The number of amides is 1. The zero-order valence-corrected chi connectivity index (χ0v) is 17.6. The molecule has 172 valence electrons. The maximum Gasteiger partial charge on any atom is 0.417 e. The van der Waals surface area contributed by atoms with E-state index in [0.717, 1.165) is 24.4 Å². The molecular weight excluding hydrogens is 440 g/mol. The van der Waals surface area contributed by atoms with E-state index in [1.165, 1.54) is 24.3 Å². The second-order valence-electron chi connectivity index (χ2n) is 8.53. The Morgan fingerprint density at radius 1 is 1.18 bits per heavy atom. The summed E-state index contributed by atoms with van der Waals surface area (Å²) in [4.78, 5) is 19.0. The average Bonchev–Trinajstić information content (AvgIpc) is 3.49. The number of rotatable bonds is 4. The number of pyridine rings is 1. The van der Waals surface area contributed by atoms with Crippen molar-refractivity contribution in [3.05, 3.63) is 65.2 Å². The molecule has 6 nitrogen and oxygen atoms in total. The molecule has 1 saturated heterocycles. The first-order valence-electron chi connectivity index (χ1n) is 10.5. The highest BCUT2D eigenvalue weighted by Gasteiger charge is 2.48. The number of aromatic nitrogens is 3. The number of carbonyl (C=O) groups excluding carboxylic acids is 1. The summed E-state index contributed by atoms with van der Waals surface area (Å²) < 4.78 is 58.2. The summed E-state index contributed by atoms with van der Waals surface area (Å²) in [7, 11) is 0. The van der Waals surface area contributed by atoms with E-state index in [9.17, 15) is 22.4 Å². The SMILES string of the molecule is Cc1cc(-c2cc(F)ccc2C(=O)N2C[C@H]3C[C@@H](Oc4ccc(C(F)(F)F)cn4)[C@@H]2C3)n[nH]1. The summed E-state index contributed by atoms with van der Waals surface area (Å²) in [6, 6.07) is 7.60. The molecule has 1 amide bonds. The van der Waals surface area contributed by atoms with Gasteiger partial charge >= 0.3 is 6.18 Å². The fourth-order valence-corrected chi connectivity index (χ4v) is 4.72. The number of benzene rings is 1. The van der Waals surface area contributed by atoms with Crippen molar-refractivity contribution < 1.29 is 27.1 Å². The van der Waals surface area contributed by atoms with Gasteiger partial charge in [0.2, 0.25) is 5.88 Å². The number of hydrogen-bond acceptors (Lipinski definition) is 4. The first-order valence-corrected chi connectivity index (χ1v) is 10.5. The summed E-state index contributed by atoms with van der Waals surface area (Å²) in [5, 5.41) is 6.97. The van der Waals surface area contributed by atoms with E-state index in [1.54, 1.807) is 11.0 Å². The number of H-pyrrole nitrogens is 1. The Balaban J connectivity index is 1.37. The fourth-order valence-electron chi connectivity index (χ4n) is 4.72. The highest BCUT2D eigenvalue weighted by atomic mass is 19.4. The van der Waals surface area contributed by atoms with Crippen LogP contribution in [0.4, 0.5) is 17.6 Å². The summed E-state index contributed by atoms with van der Waals surface area (Å²) in [5.41, 5.74) is 1.14. The van der Waals surface area contributed by atoms with Gasteiger partial charge in [0.15, 0.2) is 0 Å². The predicted molar refractivity (Wildman–Crippen MR) is 110 cm³/mol. The molecule has 2 aromatic heterocycles. The van der Waals surface area contributed by atoms with Gasteiger partial charge in [0.1, 0.15) is 11.9 Å². The molecule has 0 radical (unpaired) electrons. The van der Waals surface area contributed by atoms with Gasteiger partial charge < -0.3 is 9.64 Å². The number of nitrogens with one attached hydrogen (secondary N) is 1. The third-order valence-electron chi connectivity index (χ3n) is 6.22. The van der Waals surface area contributed by atoms with E-state index < -0.39 is 17.6 Å². The van der Waals surface area contributed by atoms with Crippen LogP contribution in [0.25, 0.3) is 11.3 Å². The third-order valence-corrected chi connectivity index (χ3v) is 6.22. The zero-order valence-electron chi connectivity index (χ0n) is 17.6. The molecule has 2 aliphatic rings. The van der Waals surface area contributed by atoms with Crippen molar-refractivity contribution >= 4 is 5.91 Å². The second kappa shape index (κ2) is 7.86. The fraction of sp³-hybridized carbons (Fsp3) is 0.348. The van der Waals surface area contributed by atoms with E-state index in [2.05, 4.69) is 15.2 Å². The minimum atomic E-state index is -4.47. The number of nitrogens with zero attached hydrogens (tertiary/aromatic N) is 3. The van der Waals surface area contributed by atoms with Crippen LogP contribution in [0.3, 0.4) is 0 Å². The molecule has 1 saturated carbocycles. The Kier molecular flexibility index (Phi) is 5.10. The van der Waals surface area contributed by atoms with Gasteiger partial charge in [-0.2, -0.15) is 18.3 Å². The molecule has 33 heavy (non-hydrogen) atoms. The summed E-state index contributed by atoms with van der Waals surface area (Å²) in [6.45, 7) is 2.36. The van der Waals surface area contributed by atoms with Crippen LogP contribution in [0, 0.1) is 18.7 Å². The van der Waals surface area contributed by atoms with Gasteiger partial charge in [-0.3, -0.25) is 9.89 Å². The van der Waals surface area contributed by atoms with Crippen molar-refractivity contribution in [3.63, 3.8) is 0 Å². The number of aromatic amines is 1. The van der Waals surface area contributed by atoms with Crippen LogP contribution in [-0.4, -0.2) is 44.7 Å². The predicted octanol–water partition coefficient (Wildman–Crippen LogP) is 4.62. The number of aryl methyl sites for hydroxylation is 1. The smallest absolute Gasteiger partial charge is 0.417 e. The number of hydrogen-bond donors (Lipinski definition) is 1. The molecular formula is C23H20F4N4O2. The third kappa shape index (κ3) is 4.05. The van der Waals surface area contributed by atoms with E-state index in [4.69, 9.17) is 4.74 Å². The van der Waals surface area contributed by atoms with Crippen molar-refractivity contribution in [1.82, 2.24) is 20.1 Å². The highest BCUT2D eigenvalue weighted by Crippen LogP contribution is 2.41. The second-order valence-corrected chi connectivity index (χ2v) is 8.53. The van der Waals surface area contributed by atoms with Gasteiger partial charge in [-0.15, -0.1) is 0 Å². The Morgan fingerprint density at radius 2 is 2.00 bits per heavy atom. The van der Waals surface area contributed by atoms with Crippen molar-refractivity contribution in [3.8, 4) is 17.1 Å². The molecule has 2 fully saturated rings. The molecule has 10 heteroatoms. The van der Waals surface area contributed by atoms with Crippen LogP contribution in [0.1, 0.15) is 34.5 Å². The standard InChI is InChI=1S/C23H20F4N4O2/c1-12-6-18(30-29-12)17-9-15(24)3-4-16(17)22(32)31-11-13-7-19(31)20(8-13)33-21-5-2-14(10-28-21)23(25,26)27/h2-6,9-10,13,19-20H,7-8,11H2,1H3,(H,29,30)/t13-,19+,20-/m1/s1. The van der Waals surface area contributed by atoms with E-state index in [1.807, 2.05) is 6.92 Å². The van der Waals surface area contributed by atoms with Crippen LogP contribution in [0.2, 0.25) is 0 Å². The van der Waals surface area contributed by atoms with Crippen molar-refractivity contribution in [1.29, 1.82) is 0 Å². The van der Waals surface area contributed by atoms with Crippen molar-refractivity contribution in [2.75, 3.05) is 6.54 Å². The Labute approximate surface area is 186 Å². The molecule has 1 aliphatic carbocycles. The quantitative estimate of drug-likeness (QED) is 0.577. The maximum atomic E-state index is 14.0. The van der Waals surface area contributed by atoms with Crippen LogP contribution in [0.15, 0.2) is 42.6 Å². The van der Waals surface area contributed by atoms with E-state index in [0.29, 0.717) is 29.8 Å². The summed E-state index contributed by atoms with van der Waals surface area (Å²) in [6.07, 6.45) is -2.70. The zero-order chi connectivity index (χ0) is 23.3. The molecule has 3 atom stereocenters. The van der Waals surface area contributed by atoms with Gasteiger partial charge in [0.25, 0.3) is 5.91 Å². The van der Waals surface area contributed by atoms with Crippen molar-refractivity contribution in [2.45, 2.75) is 38.1 Å². The molecule has 2 bridgehead atoms. The average molecular weight is 460 g/mol. The summed E-state index contributed by atoms with van der Waals surface area (Å²) in [5.74, 6) is -0.427. The number of halogens is 4. The van der Waals surface area contributed by atoms with Gasteiger partial charge in [-0.05, 0) is 56.0 Å². The van der Waals surface area contributed by atoms with E-state index >= 15 is 0 Å².